The second-order valence-electron chi connectivity index (χ2n) is 4.78. The molecule has 6 heteroatoms. The molecule has 3 N–H and O–H groups in total. The lowest BCUT2D eigenvalue weighted by atomic mass is 10.2. The Balaban J connectivity index is 2.08. The Morgan fingerprint density at radius 1 is 1.09 bits per heavy atom. The van der Waals surface area contributed by atoms with Crippen molar-refractivity contribution in [3.63, 3.8) is 0 Å². The van der Waals surface area contributed by atoms with Crippen LogP contribution in [0.2, 0.25) is 10.0 Å². The minimum atomic E-state index is 0.157. The van der Waals surface area contributed by atoms with E-state index in [0.29, 0.717) is 23.2 Å². The lowest BCUT2D eigenvalue weighted by Gasteiger charge is -2.12. The van der Waals surface area contributed by atoms with Gasteiger partial charge in [-0.3, -0.25) is 0 Å². The van der Waals surface area contributed by atoms with Gasteiger partial charge in [-0.1, -0.05) is 45.2 Å². The van der Waals surface area contributed by atoms with Gasteiger partial charge in [0.15, 0.2) is 0 Å². The second-order valence-corrected chi connectivity index (χ2v) is 6.54. The zero-order valence-corrected chi connectivity index (χ0v) is 15.0. The van der Waals surface area contributed by atoms with Gasteiger partial charge in [-0.2, -0.15) is 0 Å². The van der Waals surface area contributed by atoms with Crippen molar-refractivity contribution in [1.82, 2.24) is 0 Å². The predicted octanol–water partition coefficient (Wildman–Crippen LogP) is 3.39. The molecule has 0 unspecified atom stereocenters. The van der Waals surface area contributed by atoms with E-state index in [9.17, 15) is 0 Å². The lowest BCUT2D eigenvalue weighted by molar-refractivity contribution is -0.671. The number of aliphatic hydroxyl groups is 1. The highest BCUT2D eigenvalue weighted by atomic mass is 79.9. The van der Waals surface area contributed by atoms with Gasteiger partial charge in [-0.25, -0.2) is 0 Å². The van der Waals surface area contributed by atoms with Gasteiger partial charge in [0.25, 0.3) is 0 Å². The zero-order chi connectivity index (χ0) is 15.9. The Hall–Kier alpha value is -0.780. The van der Waals surface area contributed by atoms with E-state index in [1.807, 2.05) is 29.6 Å². The van der Waals surface area contributed by atoms with Crippen molar-refractivity contribution >= 4 is 39.1 Å². The molecule has 2 rings (SSSR count). The summed E-state index contributed by atoms with van der Waals surface area (Å²) in [5.41, 5.74) is 1.95. The molecule has 2 aromatic rings. The normalized spacial score (nSPS) is 10.7. The number of rotatable bonds is 7. The molecule has 22 heavy (non-hydrogen) atoms. The van der Waals surface area contributed by atoms with E-state index >= 15 is 0 Å². The van der Waals surface area contributed by atoms with Crippen LogP contribution < -0.4 is 10.1 Å². The first-order valence-corrected chi connectivity index (χ1v) is 8.42. The zero-order valence-electron chi connectivity index (χ0n) is 11.9. The summed E-state index contributed by atoms with van der Waals surface area (Å²) in [6.45, 7) is 1.94. The third-order valence-electron chi connectivity index (χ3n) is 3.12. The summed E-state index contributed by atoms with van der Waals surface area (Å²) < 4.78 is 6.90. The van der Waals surface area contributed by atoms with Crippen molar-refractivity contribution in [2.24, 2.45) is 0 Å². The van der Waals surface area contributed by atoms with Crippen LogP contribution in [0.25, 0.3) is 0 Å². The summed E-state index contributed by atoms with van der Waals surface area (Å²) in [5.74, 6) is 0.809. The summed E-state index contributed by atoms with van der Waals surface area (Å²) in [5, 5.41) is 12.1. The molecule has 0 aliphatic carbocycles. The molecule has 0 spiro atoms. The number of halogens is 3. The molecule has 0 heterocycles. The Kier molecular flexibility index (Phi) is 6.99. The van der Waals surface area contributed by atoms with E-state index in [1.165, 1.54) is 0 Å². The van der Waals surface area contributed by atoms with Crippen LogP contribution in [0.3, 0.4) is 0 Å². The van der Waals surface area contributed by atoms with Gasteiger partial charge in [0.05, 0.1) is 13.2 Å². The molecule has 0 amide bonds. The molecule has 0 radical (unpaired) electrons. The monoisotopic (exact) mass is 404 g/mol. The minimum absolute atomic E-state index is 0.157. The van der Waals surface area contributed by atoms with Gasteiger partial charge in [0.2, 0.25) is 0 Å². The highest BCUT2D eigenvalue weighted by Crippen LogP contribution is 2.26. The molecule has 0 aliphatic heterocycles. The maximum Gasteiger partial charge on any atom is 0.128 e. The number of quaternary nitrogens is 1. The fourth-order valence-corrected chi connectivity index (χ4v) is 2.86. The summed E-state index contributed by atoms with van der Waals surface area (Å²) in [6.07, 6.45) is 0. The minimum Gasteiger partial charge on any atom is -0.488 e. The van der Waals surface area contributed by atoms with Gasteiger partial charge >= 0.3 is 0 Å². The van der Waals surface area contributed by atoms with Crippen LogP contribution in [0.15, 0.2) is 40.9 Å². The smallest absolute Gasteiger partial charge is 0.128 e. The lowest BCUT2D eigenvalue weighted by Crippen LogP contribution is -2.83. The van der Waals surface area contributed by atoms with Crippen LogP contribution in [-0.2, 0) is 13.2 Å². The molecule has 3 nitrogen and oxygen atoms in total. The number of aliphatic hydroxyl groups excluding tert-OH is 1. The molecule has 0 saturated carbocycles. The summed E-state index contributed by atoms with van der Waals surface area (Å²) >= 11 is 15.5. The van der Waals surface area contributed by atoms with Crippen molar-refractivity contribution in [3.05, 3.63) is 62.0 Å². The van der Waals surface area contributed by atoms with Gasteiger partial charge in [-0.05, 0) is 30.3 Å². The van der Waals surface area contributed by atoms with Crippen LogP contribution in [0.4, 0.5) is 0 Å². The SMILES string of the molecule is OCC[NH2+]Cc1cc(Br)ccc1OCc1ccc(Cl)cc1Cl. The number of benzene rings is 2. The third-order valence-corrected chi connectivity index (χ3v) is 4.20. The first kappa shape index (κ1) is 17.6. The van der Waals surface area contributed by atoms with Crippen molar-refractivity contribution in [2.75, 3.05) is 13.2 Å². The van der Waals surface area contributed by atoms with Gasteiger partial charge in [0.1, 0.15) is 18.9 Å². The Morgan fingerprint density at radius 2 is 1.91 bits per heavy atom. The van der Waals surface area contributed by atoms with E-state index in [2.05, 4.69) is 15.9 Å². The van der Waals surface area contributed by atoms with E-state index < -0.39 is 0 Å². The fraction of sp³-hybridized carbons (Fsp3) is 0.250. The van der Waals surface area contributed by atoms with Gasteiger partial charge in [-0.15, -0.1) is 0 Å². The van der Waals surface area contributed by atoms with Crippen molar-refractivity contribution in [1.29, 1.82) is 0 Å². The van der Waals surface area contributed by atoms with Crippen LogP contribution in [0.5, 0.6) is 5.75 Å². The first-order chi connectivity index (χ1) is 10.6. The summed E-state index contributed by atoms with van der Waals surface area (Å²) in [6, 6.07) is 11.3. The molecule has 118 valence electrons. The molecule has 0 saturated heterocycles. The molecule has 0 fully saturated rings. The van der Waals surface area contributed by atoms with E-state index in [1.54, 1.807) is 12.1 Å². The maximum absolute atomic E-state index is 8.88. The molecule has 0 aromatic heterocycles. The fourth-order valence-electron chi connectivity index (χ4n) is 1.99. The maximum atomic E-state index is 8.88. The van der Waals surface area contributed by atoms with Crippen LogP contribution in [-0.4, -0.2) is 18.3 Å². The number of ether oxygens (including phenoxy) is 1. The molecule has 0 atom stereocenters. The Labute approximate surface area is 148 Å². The number of nitrogens with two attached hydrogens (primary N) is 1. The molecule has 2 aromatic carbocycles. The van der Waals surface area contributed by atoms with E-state index in [0.717, 1.165) is 27.9 Å². The predicted molar refractivity (Wildman–Crippen MR) is 92.5 cm³/mol. The number of hydrogen-bond acceptors (Lipinski definition) is 2. The standard InChI is InChI=1S/C16H16BrCl2NO2/c17-13-2-4-16(12(7-13)9-20-5-6-21)22-10-11-1-3-14(18)8-15(11)19/h1-4,7-8,20-21H,5-6,9-10H2/p+1. The van der Waals surface area contributed by atoms with Crippen LogP contribution >= 0.6 is 39.1 Å². The average Bonchev–Trinajstić information content (AvgIpc) is 2.48. The number of hydrogen-bond donors (Lipinski definition) is 2. The van der Waals surface area contributed by atoms with Gasteiger partial charge in [0, 0.05) is 25.6 Å². The first-order valence-electron chi connectivity index (χ1n) is 6.88. The third kappa shape index (κ3) is 5.14. The van der Waals surface area contributed by atoms with Crippen LogP contribution in [0.1, 0.15) is 11.1 Å². The average molecular weight is 406 g/mol. The Bertz CT molecular complexity index is 638. The van der Waals surface area contributed by atoms with Crippen molar-refractivity contribution in [2.45, 2.75) is 13.2 Å². The highest BCUT2D eigenvalue weighted by Gasteiger charge is 2.08. The topological polar surface area (TPSA) is 46.1 Å². The van der Waals surface area contributed by atoms with Crippen molar-refractivity contribution in [3.8, 4) is 5.75 Å². The van der Waals surface area contributed by atoms with E-state index in [4.69, 9.17) is 33.0 Å². The van der Waals surface area contributed by atoms with Gasteiger partial charge < -0.3 is 15.2 Å². The largest absolute Gasteiger partial charge is 0.488 e. The summed E-state index contributed by atoms with van der Waals surface area (Å²) in [7, 11) is 0. The molecular formula is C16H17BrCl2NO2+. The Morgan fingerprint density at radius 3 is 2.64 bits per heavy atom. The second kappa shape index (κ2) is 8.75. The summed E-state index contributed by atoms with van der Waals surface area (Å²) in [4.78, 5) is 0. The van der Waals surface area contributed by atoms with E-state index in [-0.39, 0.29) is 6.61 Å². The van der Waals surface area contributed by atoms with Crippen LogP contribution in [0, 0.1) is 0 Å². The van der Waals surface area contributed by atoms with Crippen molar-refractivity contribution < 1.29 is 15.2 Å². The molecule has 0 aliphatic rings. The molecular weight excluding hydrogens is 389 g/mol. The highest BCUT2D eigenvalue weighted by molar-refractivity contribution is 9.10. The quantitative estimate of drug-likeness (QED) is 0.693. The molecule has 0 bridgehead atoms.